The van der Waals surface area contributed by atoms with Crippen LogP contribution in [0.5, 0.6) is 0 Å². The van der Waals surface area contributed by atoms with Crippen molar-refractivity contribution in [1.82, 2.24) is 29.7 Å². The molecule has 0 bridgehead atoms. The van der Waals surface area contributed by atoms with Gasteiger partial charge < -0.3 is 0 Å². The van der Waals surface area contributed by atoms with E-state index in [4.69, 9.17) is 5.26 Å². The summed E-state index contributed by atoms with van der Waals surface area (Å²) in [7, 11) is 0. The van der Waals surface area contributed by atoms with Gasteiger partial charge in [0.15, 0.2) is 11.5 Å². The fourth-order valence-corrected chi connectivity index (χ4v) is 1.40. The van der Waals surface area contributed by atoms with Gasteiger partial charge in [0.1, 0.15) is 17.9 Å². The maximum Gasteiger partial charge on any atom is 0.252 e. The maximum atomic E-state index is 8.64. The van der Waals surface area contributed by atoms with Crippen molar-refractivity contribution in [3.05, 3.63) is 36.7 Å². The quantitative estimate of drug-likeness (QED) is 0.595. The molecule has 0 aliphatic heterocycles. The van der Waals surface area contributed by atoms with E-state index in [0.29, 0.717) is 17.0 Å². The van der Waals surface area contributed by atoms with Crippen LogP contribution in [0.4, 0.5) is 0 Å². The van der Waals surface area contributed by atoms with Gasteiger partial charge in [0, 0.05) is 12.4 Å². The molecule has 0 aromatic carbocycles. The zero-order chi connectivity index (χ0) is 11.7. The summed E-state index contributed by atoms with van der Waals surface area (Å²) in [5.41, 5.74) is 1.23. The van der Waals surface area contributed by atoms with Crippen molar-refractivity contribution in [2.75, 3.05) is 0 Å². The van der Waals surface area contributed by atoms with Gasteiger partial charge in [-0.1, -0.05) is 0 Å². The van der Waals surface area contributed by atoms with E-state index in [0.717, 1.165) is 0 Å². The number of hydrogen-bond acceptors (Lipinski definition) is 6. The molecule has 0 aliphatic rings. The molecule has 0 amide bonds. The van der Waals surface area contributed by atoms with Gasteiger partial charge in [-0.05, 0) is 12.1 Å². The average molecular weight is 223 g/mol. The van der Waals surface area contributed by atoms with E-state index in [1.807, 2.05) is 6.07 Å². The van der Waals surface area contributed by atoms with E-state index in [1.54, 1.807) is 24.5 Å². The highest BCUT2D eigenvalue weighted by Gasteiger charge is 2.04. The molecule has 0 atom stereocenters. The van der Waals surface area contributed by atoms with Crippen molar-refractivity contribution >= 4 is 11.2 Å². The van der Waals surface area contributed by atoms with Crippen LogP contribution >= 0.6 is 0 Å². The lowest BCUT2D eigenvalue weighted by atomic mass is 10.4. The van der Waals surface area contributed by atoms with Gasteiger partial charge in [-0.15, -0.1) is 5.10 Å². The molecule has 7 heteroatoms. The van der Waals surface area contributed by atoms with Crippen LogP contribution in [-0.4, -0.2) is 29.7 Å². The van der Waals surface area contributed by atoms with Gasteiger partial charge in [0.2, 0.25) is 0 Å². The van der Waals surface area contributed by atoms with Gasteiger partial charge in [-0.2, -0.15) is 5.26 Å². The van der Waals surface area contributed by atoms with E-state index in [-0.39, 0.29) is 5.82 Å². The predicted octanol–water partition coefficient (Wildman–Crippen LogP) is 0.477. The van der Waals surface area contributed by atoms with Gasteiger partial charge >= 0.3 is 0 Å². The van der Waals surface area contributed by atoms with Crippen molar-refractivity contribution in [2.24, 2.45) is 0 Å². The molecule has 0 radical (unpaired) electrons. The number of pyridine rings is 1. The summed E-state index contributed by atoms with van der Waals surface area (Å²) in [4.78, 5) is 16.3. The Morgan fingerprint density at radius 1 is 1.12 bits per heavy atom. The zero-order valence-electron chi connectivity index (χ0n) is 8.52. The fourth-order valence-electron chi connectivity index (χ4n) is 1.40. The molecule has 0 aliphatic carbocycles. The van der Waals surface area contributed by atoms with Crippen LogP contribution in [0.2, 0.25) is 0 Å². The zero-order valence-corrected chi connectivity index (χ0v) is 8.52. The fraction of sp³-hybridized carbons (Fsp3) is 0. The molecule has 3 aromatic rings. The van der Waals surface area contributed by atoms with Crippen LogP contribution in [0, 0.1) is 11.3 Å². The molecule has 7 nitrogen and oxygen atoms in total. The van der Waals surface area contributed by atoms with Crippen LogP contribution in [0.15, 0.2) is 30.9 Å². The smallest absolute Gasteiger partial charge is 0.251 e. The van der Waals surface area contributed by atoms with Gasteiger partial charge in [0.05, 0.1) is 0 Å². The Labute approximate surface area is 95.4 Å². The number of nitriles is 1. The van der Waals surface area contributed by atoms with Gasteiger partial charge in [0.25, 0.3) is 5.82 Å². The molecule has 0 saturated heterocycles. The molecule has 80 valence electrons. The summed E-state index contributed by atoms with van der Waals surface area (Å²) in [6, 6.07) is 5.39. The molecule has 3 rings (SSSR count). The van der Waals surface area contributed by atoms with Crippen LogP contribution in [0.25, 0.3) is 17.0 Å². The second-order valence-corrected chi connectivity index (χ2v) is 3.19. The van der Waals surface area contributed by atoms with E-state index in [9.17, 15) is 0 Å². The van der Waals surface area contributed by atoms with Gasteiger partial charge in [-0.3, -0.25) is 4.98 Å². The second kappa shape index (κ2) is 3.61. The number of nitrogens with zero attached hydrogens (tertiary/aromatic N) is 7. The number of aromatic nitrogens is 6. The van der Waals surface area contributed by atoms with Crippen molar-refractivity contribution in [1.29, 1.82) is 5.26 Å². The first-order valence-electron chi connectivity index (χ1n) is 4.77. The van der Waals surface area contributed by atoms with Crippen molar-refractivity contribution in [3.8, 4) is 11.9 Å². The molecule has 0 saturated carbocycles. The summed E-state index contributed by atoms with van der Waals surface area (Å²) in [5, 5.41) is 12.6. The molecule has 0 fully saturated rings. The molecular weight excluding hydrogens is 218 g/mol. The number of fused-ring (bicyclic) bond motifs is 1. The third-order valence-electron chi connectivity index (χ3n) is 2.14. The highest BCUT2D eigenvalue weighted by Crippen LogP contribution is 2.09. The van der Waals surface area contributed by atoms with Crippen molar-refractivity contribution in [3.63, 3.8) is 0 Å². The van der Waals surface area contributed by atoms with E-state index in [1.165, 1.54) is 11.0 Å². The summed E-state index contributed by atoms with van der Waals surface area (Å²) in [6.45, 7) is 0. The minimum absolute atomic E-state index is 0.103. The lowest BCUT2D eigenvalue weighted by molar-refractivity contribution is 0.843. The predicted molar refractivity (Wildman–Crippen MR) is 57.0 cm³/mol. The van der Waals surface area contributed by atoms with Crippen LogP contribution in [0.1, 0.15) is 5.82 Å². The molecular formula is C10H5N7. The van der Waals surface area contributed by atoms with Crippen molar-refractivity contribution in [2.45, 2.75) is 0 Å². The van der Waals surface area contributed by atoms with Gasteiger partial charge in [-0.25, -0.2) is 19.6 Å². The monoisotopic (exact) mass is 223 g/mol. The Balaban J connectivity index is 2.15. The van der Waals surface area contributed by atoms with E-state index >= 15 is 0 Å². The third kappa shape index (κ3) is 1.57. The molecule has 17 heavy (non-hydrogen) atoms. The second-order valence-electron chi connectivity index (χ2n) is 3.19. The lowest BCUT2D eigenvalue weighted by Gasteiger charge is -1.99. The number of rotatable bonds is 1. The first-order chi connectivity index (χ1) is 8.36. The topological polar surface area (TPSA) is 93.2 Å². The summed E-state index contributed by atoms with van der Waals surface area (Å²) in [5.74, 6) is 0.651. The van der Waals surface area contributed by atoms with E-state index < -0.39 is 0 Å². The van der Waals surface area contributed by atoms with Crippen LogP contribution < -0.4 is 0 Å². The number of hydrogen-bond donors (Lipinski definition) is 0. The minimum atomic E-state index is 0.103. The summed E-state index contributed by atoms with van der Waals surface area (Å²) >= 11 is 0. The highest BCUT2D eigenvalue weighted by molar-refractivity contribution is 5.69. The largest absolute Gasteiger partial charge is 0.252 e. The summed E-state index contributed by atoms with van der Waals surface area (Å²) in [6.07, 6.45) is 4.61. The molecule has 0 spiro atoms. The molecule has 0 N–H and O–H groups in total. The normalized spacial score (nSPS) is 10.3. The first kappa shape index (κ1) is 9.35. The van der Waals surface area contributed by atoms with Crippen LogP contribution in [0.3, 0.4) is 0 Å². The lowest BCUT2D eigenvalue weighted by Crippen LogP contribution is -1.99. The minimum Gasteiger partial charge on any atom is -0.251 e. The molecule has 0 unspecified atom stereocenters. The molecule has 3 heterocycles. The maximum absolute atomic E-state index is 8.64. The standard InChI is InChI=1S/C10H5N7/c11-5-8-14-6-17(16-8)9-2-1-7-10(15-9)13-4-3-12-7/h1-4,6H. The van der Waals surface area contributed by atoms with Crippen LogP contribution in [-0.2, 0) is 0 Å². The Morgan fingerprint density at radius 2 is 2.00 bits per heavy atom. The third-order valence-corrected chi connectivity index (χ3v) is 2.14. The SMILES string of the molecule is N#Cc1ncn(-c2ccc3nccnc3n2)n1. The highest BCUT2D eigenvalue weighted by atomic mass is 15.4. The Kier molecular flexibility index (Phi) is 1.98. The Bertz CT molecular complexity index is 725. The Morgan fingerprint density at radius 3 is 2.82 bits per heavy atom. The van der Waals surface area contributed by atoms with Crippen molar-refractivity contribution < 1.29 is 0 Å². The summed E-state index contributed by atoms with van der Waals surface area (Å²) < 4.78 is 1.42. The Hall–Kier alpha value is -2.88. The first-order valence-corrected chi connectivity index (χ1v) is 4.77. The molecule has 3 aromatic heterocycles. The average Bonchev–Trinajstić information content (AvgIpc) is 2.87. The van der Waals surface area contributed by atoms with E-state index in [2.05, 4.69) is 25.0 Å².